The summed E-state index contributed by atoms with van der Waals surface area (Å²) < 4.78 is 0. The van der Waals surface area contributed by atoms with Crippen molar-refractivity contribution in [2.45, 2.75) is 40.2 Å². The number of aliphatic imine (C=N–C) groups is 1. The molecule has 27 heavy (non-hydrogen) atoms. The minimum atomic E-state index is 0. The van der Waals surface area contributed by atoms with E-state index in [1.165, 1.54) is 27.2 Å². The molecule has 0 unspecified atom stereocenters. The smallest absolute Gasteiger partial charge is 0.191 e. The Kier molecular flexibility index (Phi) is 8.56. The molecule has 3 aromatic rings. The Morgan fingerprint density at radius 2 is 2.04 bits per heavy atom. The topological polar surface area (TPSA) is 65.1 Å². The number of halogens is 1. The summed E-state index contributed by atoms with van der Waals surface area (Å²) >= 11 is 1.71. The van der Waals surface area contributed by atoms with Gasteiger partial charge in [-0.25, -0.2) is 9.98 Å². The Labute approximate surface area is 182 Å². The molecule has 0 bridgehead atoms. The minimum Gasteiger partial charge on any atom is -0.358 e. The number of thiazole rings is 1. The van der Waals surface area contributed by atoms with Crippen molar-refractivity contribution in [3.63, 3.8) is 0 Å². The number of aromatic nitrogens is 2. The van der Waals surface area contributed by atoms with Crippen LogP contribution in [0, 0.1) is 6.92 Å². The first-order chi connectivity index (χ1) is 12.7. The number of fused-ring (bicyclic) bond motifs is 1. The second kappa shape index (κ2) is 10.7. The number of aryl methyl sites for hydroxylation is 2. The van der Waals surface area contributed by atoms with E-state index >= 15 is 0 Å². The van der Waals surface area contributed by atoms with Crippen molar-refractivity contribution >= 4 is 52.2 Å². The number of rotatable bonds is 7. The van der Waals surface area contributed by atoms with Gasteiger partial charge >= 0.3 is 0 Å². The van der Waals surface area contributed by atoms with Gasteiger partial charge in [0.25, 0.3) is 0 Å². The molecule has 5 nitrogen and oxygen atoms in total. The van der Waals surface area contributed by atoms with E-state index in [0.717, 1.165) is 37.6 Å². The first-order valence-corrected chi connectivity index (χ1v) is 10.1. The summed E-state index contributed by atoms with van der Waals surface area (Å²) in [5.41, 5.74) is 4.85. The molecule has 0 saturated heterocycles. The maximum absolute atomic E-state index is 4.67. The predicted octanol–water partition coefficient (Wildman–Crippen LogP) is 4.41. The number of benzene rings is 1. The van der Waals surface area contributed by atoms with Crippen LogP contribution in [-0.2, 0) is 19.4 Å². The Morgan fingerprint density at radius 1 is 1.22 bits per heavy atom. The molecule has 7 heteroatoms. The molecular formula is C20H28IN5S. The summed E-state index contributed by atoms with van der Waals surface area (Å²) in [5.74, 6) is 0.844. The minimum absolute atomic E-state index is 0. The molecule has 0 saturated carbocycles. The van der Waals surface area contributed by atoms with Crippen molar-refractivity contribution in [2.24, 2.45) is 4.99 Å². The molecule has 0 aliphatic carbocycles. The Balaban J connectivity index is 0.00000261. The number of nitrogens with one attached hydrogen (secondary N) is 3. The zero-order valence-electron chi connectivity index (χ0n) is 16.1. The number of guanidine groups is 1. The summed E-state index contributed by atoms with van der Waals surface area (Å²) in [6, 6.07) is 8.47. The highest BCUT2D eigenvalue weighted by Gasteiger charge is 2.08. The summed E-state index contributed by atoms with van der Waals surface area (Å²) in [5, 5.41) is 11.3. The quantitative estimate of drug-likeness (QED) is 0.258. The molecule has 2 heterocycles. The average Bonchev–Trinajstić information content (AvgIpc) is 3.24. The Bertz CT molecular complexity index is 884. The molecule has 0 radical (unpaired) electrons. The largest absolute Gasteiger partial charge is 0.358 e. The van der Waals surface area contributed by atoms with Crippen LogP contribution in [0.15, 0.2) is 34.6 Å². The van der Waals surface area contributed by atoms with Gasteiger partial charge in [-0.05, 0) is 38.3 Å². The van der Waals surface area contributed by atoms with E-state index in [9.17, 15) is 0 Å². The first kappa shape index (κ1) is 21.7. The molecule has 0 amide bonds. The summed E-state index contributed by atoms with van der Waals surface area (Å²) in [6.45, 7) is 8.64. The van der Waals surface area contributed by atoms with E-state index in [1.54, 1.807) is 11.3 Å². The number of hydrogen-bond acceptors (Lipinski definition) is 3. The third-order valence-electron chi connectivity index (χ3n) is 4.34. The van der Waals surface area contributed by atoms with Crippen LogP contribution in [-0.4, -0.2) is 29.0 Å². The van der Waals surface area contributed by atoms with E-state index in [2.05, 4.69) is 76.0 Å². The molecular weight excluding hydrogens is 469 g/mol. The second-order valence-corrected chi connectivity index (χ2v) is 7.17. The fourth-order valence-corrected chi connectivity index (χ4v) is 3.78. The molecule has 3 N–H and O–H groups in total. The van der Waals surface area contributed by atoms with Gasteiger partial charge in [0.2, 0.25) is 0 Å². The SMILES string of the molecule is CCNC(=NCc1csc(CC)n1)NCCc1c(C)[nH]c2ccccc12.I. The Hall–Kier alpha value is -1.61. The molecule has 146 valence electrons. The number of hydrogen-bond donors (Lipinski definition) is 3. The fraction of sp³-hybridized carbons (Fsp3) is 0.400. The van der Waals surface area contributed by atoms with Crippen molar-refractivity contribution in [3.8, 4) is 0 Å². The second-order valence-electron chi connectivity index (χ2n) is 6.23. The van der Waals surface area contributed by atoms with E-state index in [1.807, 2.05) is 0 Å². The fourth-order valence-electron chi connectivity index (χ4n) is 3.05. The van der Waals surface area contributed by atoms with Gasteiger partial charge in [0.15, 0.2) is 5.96 Å². The normalized spacial score (nSPS) is 11.4. The zero-order valence-corrected chi connectivity index (χ0v) is 19.3. The van der Waals surface area contributed by atoms with Crippen molar-refractivity contribution in [1.29, 1.82) is 0 Å². The van der Waals surface area contributed by atoms with Crippen LogP contribution in [0.5, 0.6) is 0 Å². The number of H-pyrrole nitrogens is 1. The molecule has 0 spiro atoms. The van der Waals surface area contributed by atoms with Crippen LogP contribution in [0.1, 0.15) is 35.8 Å². The van der Waals surface area contributed by atoms with E-state index in [-0.39, 0.29) is 24.0 Å². The van der Waals surface area contributed by atoms with Gasteiger partial charge in [0.05, 0.1) is 17.2 Å². The number of nitrogens with zero attached hydrogens (tertiary/aromatic N) is 2. The summed E-state index contributed by atoms with van der Waals surface area (Å²) in [7, 11) is 0. The third-order valence-corrected chi connectivity index (χ3v) is 5.38. The van der Waals surface area contributed by atoms with Crippen LogP contribution in [0.25, 0.3) is 10.9 Å². The molecule has 0 fully saturated rings. The molecule has 0 aliphatic rings. The molecule has 0 atom stereocenters. The van der Waals surface area contributed by atoms with Crippen molar-refractivity contribution < 1.29 is 0 Å². The van der Waals surface area contributed by atoms with Gasteiger partial charge in [0, 0.05) is 35.1 Å². The Morgan fingerprint density at radius 3 is 2.78 bits per heavy atom. The molecule has 3 rings (SSSR count). The summed E-state index contributed by atoms with van der Waals surface area (Å²) in [4.78, 5) is 12.7. The van der Waals surface area contributed by atoms with E-state index in [0.29, 0.717) is 6.54 Å². The predicted molar refractivity (Wildman–Crippen MR) is 126 cm³/mol. The average molecular weight is 497 g/mol. The van der Waals surface area contributed by atoms with Crippen molar-refractivity contribution in [2.75, 3.05) is 13.1 Å². The highest BCUT2D eigenvalue weighted by Crippen LogP contribution is 2.21. The van der Waals surface area contributed by atoms with Gasteiger partial charge in [-0.1, -0.05) is 25.1 Å². The number of aromatic amines is 1. The van der Waals surface area contributed by atoms with Crippen LogP contribution in [0.2, 0.25) is 0 Å². The lowest BCUT2D eigenvalue weighted by Crippen LogP contribution is -2.38. The van der Waals surface area contributed by atoms with Crippen molar-refractivity contribution in [1.82, 2.24) is 20.6 Å². The monoisotopic (exact) mass is 497 g/mol. The maximum Gasteiger partial charge on any atom is 0.191 e. The molecule has 0 aliphatic heterocycles. The molecule has 2 aromatic heterocycles. The number of para-hydroxylation sites is 1. The van der Waals surface area contributed by atoms with Gasteiger partial charge < -0.3 is 15.6 Å². The van der Waals surface area contributed by atoms with Gasteiger partial charge in [-0.2, -0.15) is 0 Å². The highest BCUT2D eigenvalue weighted by atomic mass is 127. The third kappa shape index (κ3) is 5.68. The maximum atomic E-state index is 4.67. The van der Waals surface area contributed by atoms with Crippen LogP contribution >= 0.6 is 35.3 Å². The zero-order chi connectivity index (χ0) is 18.4. The van der Waals surface area contributed by atoms with E-state index < -0.39 is 0 Å². The van der Waals surface area contributed by atoms with Gasteiger partial charge in [0.1, 0.15) is 0 Å². The summed E-state index contributed by atoms with van der Waals surface area (Å²) in [6.07, 6.45) is 1.94. The highest BCUT2D eigenvalue weighted by molar-refractivity contribution is 14.0. The standard InChI is InChI=1S/C20H27N5S.HI/c1-4-19-25-15(13-26-19)12-23-20(21-5-2)22-11-10-16-14(3)24-18-9-7-6-8-17(16)18;/h6-9,13,24H,4-5,10-12H2,1-3H3,(H2,21,22,23);1H. The lowest BCUT2D eigenvalue weighted by molar-refractivity contribution is 0.796. The van der Waals surface area contributed by atoms with Crippen molar-refractivity contribution in [3.05, 3.63) is 51.6 Å². The van der Waals surface area contributed by atoms with Gasteiger partial charge in [-0.3, -0.25) is 0 Å². The van der Waals surface area contributed by atoms with Crippen LogP contribution in [0.4, 0.5) is 0 Å². The van der Waals surface area contributed by atoms with Crippen LogP contribution in [0.3, 0.4) is 0 Å². The van der Waals surface area contributed by atoms with E-state index in [4.69, 9.17) is 0 Å². The first-order valence-electron chi connectivity index (χ1n) is 9.22. The van der Waals surface area contributed by atoms with Gasteiger partial charge in [-0.15, -0.1) is 35.3 Å². The lowest BCUT2D eigenvalue weighted by Gasteiger charge is -2.11. The lowest BCUT2D eigenvalue weighted by atomic mass is 10.1. The molecule has 1 aromatic carbocycles. The van der Waals surface area contributed by atoms with Crippen LogP contribution < -0.4 is 10.6 Å².